The number of hydrogen-bond donors (Lipinski definition) is 1. The zero-order chi connectivity index (χ0) is 42.8. The van der Waals surface area contributed by atoms with Crippen LogP contribution in [0.4, 0.5) is 0 Å². The molecule has 0 spiro atoms. The van der Waals surface area contributed by atoms with E-state index < -0.39 is 18.1 Å². The molecule has 58 heavy (non-hydrogen) atoms. The highest BCUT2D eigenvalue weighted by atomic mass is 16.6. The number of aliphatic carboxylic acids is 1. The summed E-state index contributed by atoms with van der Waals surface area (Å²) in [5, 5.41) is 9.60. The number of allylic oxidation sites excluding steroid dienone is 20. The number of carbonyl (C=O) groups is 3. The Balaban J connectivity index is 4.48. The van der Waals surface area contributed by atoms with E-state index in [4.69, 9.17) is 14.2 Å². The fraction of sp³-hybridized carbons (Fsp3) is 0.540. The number of esters is 2. The molecule has 1 N–H and O–H groups in total. The van der Waals surface area contributed by atoms with Gasteiger partial charge in [-0.2, -0.15) is 0 Å². The lowest BCUT2D eigenvalue weighted by Crippen LogP contribution is -2.50. The molecule has 2 unspecified atom stereocenters. The first kappa shape index (κ1) is 53.7. The van der Waals surface area contributed by atoms with Crippen molar-refractivity contribution in [2.75, 3.05) is 41.0 Å². The van der Waals surface area contributed by atoms with E-state index in [1.807, 2.05) is 21.1 Å². The monoisotopic (exact) mass is 805 g/mol. The number of nitrogens with zero attached hydrogens (tertiary/aromatic N) is 1. The van der Waals surface area contributed by atoms with Crippen LogP contribution in [0.5, 0.6) is 0 Å². The summed E-state index contributed by atoms with van der Waals surface area (Å²) in [5.74, 6) is -1.64. The molecule has 8 nitrogen and oxygen atoms in total. The van der Waals surface area contributed by atoms with Crippen molar-refractivity contribution in [3.63, 3.8) is 0 Å². The summed E-state index contributed by atoms with van der Waals surface area (Å²) in [6.07, 6.45) is 55.6. The molecule has 0 aliphatic carbocycles. The van der Waals surface area contributed by atoms with Crippen LogP contribution >= 0.6 is 0 Å². The van der Waals surface area contributed by atoms with Gasteiger partial charge in [0.1, 0.15) is 6.61 Å². The van der Waals surface area contributed by atoms with Gasteiger partial charge in [-0.25, -0.2) is 4.79 Å². The van der Waals surface area contributed by atoms with E-state index in [1.54, 1.807) is 0 Å². The summed E-state index contributed by atoms with van der Waals surface area (Å²) in [5.41, 5.74) is 0. The maximum atomic E-state index is 12.6. The van der Waals surface area contributed by atoms with Gasteiger partial charge in [-0.1, -0.05) is 135 Å². The van der Waals surface area contributed by atoms with Gasteiger partial charge < -0.3 is 23.8 Å². The van der Waals surface area contributed by atoms with E-state index in [-0.39, 0.29) is 49.1 Å². The molecule has 0 aliphatic heterocycles. The predicted octanol–water partition coefficient (Wildman–Crippen LogP) is 11.9. The summed E-state index contributed by atoms with van der Waals surface area (Å²) in [6, 6.07) is -0.639. The average Bonchev–Trinajstić information content (AvgIpc) is 3.18. The molecule has 0 fully saturated rings. The topological polar surface area (TPSA) is 99.1 Å². The quantitative estimate of drug-likeness (QED) is 0.0291. The zero-order valence-corrected chi connectivity index (χ0v) is 36.7. The molecule has 0 radical (unpaired) electrons. The van der Waals surface area contributed by atoms with E-state index in [0.29, 0.717) is 19.3 Å². The molecular formula is C50H78NO7+. The van der Waals surface area contributed by atoms with Crippen molar-refractivity contribution in [1.29, 1.82) is 0 Å². The molecule has 0 amide bonds. The lowest BCUT2D eigenvalue weighted by Gasteiger charge is -2.31. The lowest BCUT2D eigenvalue weighted by molar-refractivity contribution is -0.887. The van der Waals surface area contributed by atoms with Crippen molar-refractivity contribution in [1.82, 2.24) is 0 Å². The number of carboxylic acids is 1. The number of likely N-dealkylation sites (N-methyl/N-ethyl adjacent to an activating group) is 1. The van der Waals surface area contributed by atoms with Gasteiger partial charge in [-0.05, 0) is 89.9 Å². The Morgan fingerprint density at radius 2 is 0.879 bits per heavy atom. The van der Waals surface area contributed by atoms with Crippen molar-refractivity contribution >= 4 is 17.9 Å². The van der Waals surface area contributed by atoms with Crippen LogP contribution in [0.3, 0.4) is 0 Å². The maximum absolute atomic E-state index is 12.6. The van der Waals surface area contributed by atoms with Crippen LogP contribution in [-0.2, 0) is 28.6 Å². The largest absolute Gasteiger partial charge is 0.477 e. The molecule has 0 aromatic heterocycles. The third-order valence-corrected chi connectivity index (χ3v) is 8.61. The third kappa shape index (κ3) is 37.3. The van der Waals surface area contributed by atoms with Gasteiger partial charge in [0.15, 0.2) is 12.1 Å². The second-order valence-corrected chi connectivity index (χ2v) is 14.8. The van der Waals surface area contributed by atoms with Crippen LogP contribution in [-0.4, -0.2) is 80.6 Å². The number of carboxylic acid groups (broad SMARTS) is 1. The number of unbranched alkanes of at least 4 members (excludes halogenated alkanes) is 2. The highest BCUT2D eigenvalue weighted by Gasteiger charge is 2.31. The summed E-state index contributed by atoms with van der Waals surface area (Å²) >= 11 is 0. The van der Waals surface area contributed by atoms with Crippen LogP contribution in [0.25, 0.3) is 0 Å². The lowest BCUT2D eigenvalue weighted by atomic mass is 10.1. The Kier molecular flexibility index (Phi) is 36.6. The van der Waals surface area contributed by atoms with Gasteiger partial charge in [0.25, 0.3) is 0 Å². The number of quaternary nitrogens is 1. The normalized spacial score (nSPS) is 14.2. The first-order chi connectivity index (χ1) is 28.1. The van der Waals surface area contributed by atoms with E-state index in [0.717, 1.165) is 77.0 Å². The molecule has 0 saturated carbocycles. The minimum Gasteiger partial charge on any atom is -0.477 e. The van der Waals surface area contributed by atoms with Crippen molar-refractivity contribution in [2.45, 2.75) is 135 Å². The van der Waals surface area contributed by atoms with Crippen LogP contribution in [0.2, 0.25) is 0 Å². The third-order valence-electron chi connectivity index (χ3n) is 8.61. The van der Waals surface area contributed by atoms with Gasteiger partial charge in [-0.3, -0.25) is 9.59 Å². The molecule has 0 heterocycles. The highest BCUT2D eigenvalue weighted by Crippen LogP contribution is 2.10. The smallest absolute Gasteiger partial charge is 0.362 e. The molecule has 2 atom stereocenters. The van der Waals surface area contributed by atoms with Crippen LogP contribution < -0.4 is 0 Å². The summed E-state index contributed by atoms with van der Waals surface area (Å²) < 4.78 is 17.1. The van der Waals surface area contributed by atoms with Crippen molar-refractivity contribution in [3.8, 4) is 0 Å². The Labute approximate surface area is 352 Å². The summed E-state index contributed by atoms with van der Waals surface area (Å²) in [6.45, 7) is 4.34. The van der Waals surface area contributed by atoms with Gasteiger partial charge in [-0.15, -0.1) is 0 Å². The van der Waals surface area contributed by atoms with E-state index in [9.17, 15) is 19.5 Å². The standard InChI is InChI=1S/C50H77NO7/c1-6-8-10-12-14-16-18-19-20-21-22-23-24-25-26-27-28-29-31-32-34-36-38-40-48(52)57-45-46(44-56-43-42-47(50(54)55)51(3,4)5)58-49(53)41-39-37-35-33-30-17-15-13-11-9-7-2/h8-11,14-17,19-20,22-23,25-26,28-29,32-35,46-47H,6-7,12-13,18,21,24,27,30-31,36-45H2,1-5H3/p+1/b10-8+,11-9+,16-14+,17-15+,20-19+,23-22+,26-25+,29-28+,34-32+,35-33+. The number of ether oxygens (including phenoxy) is 3. The molecule has 0 saturated heterocycles. The summed E-state index contributed by atoms with van der Waals surface area (Å²) in [7, 11) is 5.47. The van der Waals surface area contributed by atoms with E-state index in [1.165, 1.54) is 0 Å². The SMILES string of the molecule is CC/C=C/C/C=C/C/C=C/C/C=C/C/C=C/C/C=C/C/C=C/CCCC(=O)OCC(COCCC(C(=O)O)[N+](C)(C)C)OC(=O)CCC/C=C/C/C=C/C/C=C/CC. The fourth-order valence-electron chi connectivity index (χ4n) is 5.34. The van der Waals surface area contributed by atoms with Crippen LogP contribution in [0, 0.1) is 0 Å². The highest BCUT2D eigenvalue weighted by molar-refractivity contribution is 5.72. The first-order valence-electron chi connectivity index (χ1n) is 21.6. The summed E-state index contributed by atoms with van der Waals surface area (Å²) in [4.78, 5) is 36.9. The average molecular weight is 805 g/mol. The predicted molar refractivity (Wildman–Crippen MR) is 242 cm³/mol. The molecule has 0 aromatic carbocycles. The van der Waals surface area contributed by atoms with Gasteiger partial charge in [0.2, 0.25) is 0 Å². The van der Waals surface area contributed by atoms with Crippen LogP contribution in [0.15, 0.2) is 122 Å². The van der Waals surface area contributed by atoms with E-state index >= 15 is 0 Å². The molecule has 0 bridgehead atoms. The second kappa shape index (κ2) is 39.6. The second-order valence-electron chi connectivity index (χ2n) is 14.8. The number of carbonyl (C=O) groups excluding carboxylic acids is 2. The van der Waals surface area contributed by atoms with Crippen molar-refractivity contribution < 1.29 is 38.2 Å². The Hall–Kier alpha value is -4.27. The number of rotatable bonds is 36. The molecule has 0 aliphatic rings. The molecule has 0 aromatic rings. The maximum Gasteiger partial charge on any atom is 0.362 e. The minimum atomic E-state index is -0.897. The minimum absolute atomic E-state index is 0.0134. The Morgan fingerprint density at radius 3 is 1.24 bits per heavy atom. The van der Waals surface area contributed by atoms with Crippen molar-refractivity contribution in [2.24, 2.45) is 0 Å². The first-order valence-corrected chi connectivity index (χ1v) is 21.6. The van der Waals surface area contributed by atoms with Crippen molar-refractivity contribution in [3.05, 3.63) is 122 Å². The van der Waals surface area contributed by atoms with Gasteiger partial charge >= 0.3 is 17.9 Å². The Bertz CT molecular complexity index is 1350. The molecular weight excluding hydrogens is 727 g/mol. The van der Waals surface area contributed by atoms with Gasteiger partial charge in [0, 0.05) is 19.3 Å². The molecule has 0 rings (SSSR count). The molecule has 8 heteroatoms. The van der Waals surface area contributed by atoms with Gasteiger partial charge in [0.05, 0.1) is 34.4 Å². The fourth-order valence-corrected chi connectivity index (χ4v) is 5.34. The number of hydrogen-bond acceptors (Lipinski definition) is 6. The Morgan fingerprint density at radius 1 is 0.517 bits per heavy atom. The van der Waals surface area contributed by atoms with E-state index in [2.05, 4.69) is 135 Å². The van der Waals surface area contributed by atoms with Crippen LogP contribution in [0.1, 0.15) is 123 Å². The molecule has 324 valence electrons. The zero-order valence-electron chi connectivity index (χ0n) is 36.7.